The molecule has 0 N–H and O–H groups in total. The van der Waals surface area contributed by atoms with Gasteiger partial charge in [-0.15, -0.1) is 0 Å². The Hall–Kier alpha value is -3.37. The van der Waals surface area contributed by atoms with Crippen LogP contribution in [0.25, 0.3) is 0 Å². The largest absolute Gasteiger partial charge is 0.450 e. The fraction of sp³-hybridized carbons (Fsp3) is 0.526. The molecule has 0 aromatic heterocycles. The molecule has 0 saturated carbocycles. The Morgan fingerprint density at radius 2 is 1.36 bits per heavy atom. The highest BCUT2D eigenvalue weighted by Crippen LogP contribution is 2.58. The van der Waals surface area contributed by atoms with Gasteiger partial charge in [0.05, 0.1) is 56.2 Å². The van der Waals surface area contributed by atoms with Gasteiger partial charge in [-0.25, -0.2) is 4.79 Å². The van der Waals surface area contributed by atoms with E-state index in [1.54, 1.807) is 19.1 Å². The molecule has 2 unspecified atom stereocenters. The van der Waals surface area contributed by atoms with E-state index in [2.05, 4.69) is 0 Å². The first-order valence-electron chi connectivity index (χ1n) is 8.45. The summed E-state index contributed by atoms with van der Waals surface area (Å²) in [7, 11) is 2.85. The van der Waals surface area contributed by atoms with E-state index >= 15 is 0 Å². The molecule has 9 heteroatoms. The van der Waals surface area contributed by atoms with Crippen molar-refractivity contribution in [2.45, 2.75) is 19.0 Å². The Bertz CT molecular complexity index is 788. The maximum atomic E-state index is 12.9. The maximum absolute atomic E-state index is 12.9. The summed E-state index contributed by atoms with van der Waals surface area (Å²) in [6, 6.07) is 5.11. The van der Waals surface area contributed by atoms with Crippen LogP contribution in [0.5, 0.6) is 0 Å². The number of carbonyl (C=O) groups excluding carboxylic acids is 1. The molecular formula is C19H19N5O4. The van der Waals surface area contributed by atoms with Crippen LogP contribution < -0.4 is 0 Å². The van der Waals surface area contributed by atoms with Crippen LogP contribution in [0.1, 0.15) is 6.92 Å². The Kier molecular flexibility index (Phi) is 6.06. The van der Waals surface area contributed by atoms with Crippen LogP contribution in [0.3, 0.4) is 0 Å². The topological polar surface area (TPSA) is 143 Å². The van der Waals surface area contributed by atoms with E-state index < -0.39 is 29.0 Å². The highest BCUT2D eigenvalue weighted by atomic mass is 16.6. The van der Waals surface area contributed by atoms with E-state index in [4.69, 9.17) is 14.2 Å². The van der Waals surface area contributed by atoms with E-state index in [9.17, 15) is 25.8 Å². The van der Waals surface area contributed by atoms with Crippen molar-refractivity contribution in [3.63, 3.8) is 0 Å². The van der Waals surface area contributed by atoms with Crippen LogP contribution in [0.4, 0.5) is 4.79 Å². The van der Waals surface area contributed by atoms with Crippen LogP contribution in [-0.4, -0.2) is 57.1 Å². The molecule has 1 amide bonds. The molecule has 0 radical (unpaired) electrons. The molecule has 2 aliphatic rings. The molecule has 0 aromatic rings. The van der Waals surface area contributed by atoms with Crippen LogP contribution in [0.15, 0.2) is 23.3 Å². The van der Waals surface area contributed by atoms with E-state index in [0.29, 0.717) is 11.1 Å². The number of hydrogen-bond donors (Lipinski definition) is 0. The molecule has 2 heterocycles. The molecule has 0 aromatic carbocycles. The normalized spacial score (nSPS) is 23.8. The molecule has 0 aliphatic carbocycles. The Labute approximate surface area is 163 Å². The van der Waals surface area contributed by atoms with Crippen LogP contribution in [-0.2, 0) is 14.2 Å². The van der Waals surface area contributed by atoms with Gasteiger partial charge in [0.25, 0.3) is 0 Å². The number of hydrogen-bond acceptors (Lipinski definition) is 8. The summed E-state index contributed by atoms with van der Waals surface area (Å²) in [4.78, 5) is 14.0. The second-order valence-electron chi connectivity index (χ2n) is 6.32. The minimum atomic E-state index is -2.15. The summed E-state index contributed by atoms with van der Waals surface area (Å²) in [5, 5.41) is 40.1. The van der Waals surface area contributed by atoms with Crippen molar-refractivity contribution < 1.29 is 19.0 Å². The predicted octanol–water partition coefficient (Wildman–Crippen LogP) is 1.42. The fourth-order valence-corrected chi connectivity index (χ4v) is 3.95. The molecule has 2 bridgehead atoms. The monoisotopic (exact) mass is 381 g/mol. The lowest BCUT2D eigenvalue weighted by Gasteiger charge is -2.31. The molecule has 2 aliphatic heterocycles. The smallest absolute Gasteiger partial charge is 0.410 e. The van der Waals surface area contributed by atoms with Gasteiger partial charge in [-0.2, -0.15) is 21.0 Å². The van der Waals surface area contributed by atoms with Crippen molar-refractivity contribution in [2.75, 3.05) is 34.0 Å². The number of methoxy groups -OCH3 is 2. The number of amides is 1. The van der Waals surface area contributed by atoms with E-state index in [-0.39, 0.29) is 19.8 Å². The molecule has 2 rings (SSSR count). The van der Waals surface area contributed by atoms with Gasteiger partial charge in [-0.3, -0.25) is 4.90 Å². The molecule has 28 heavy (non-hydrogen) atoms. The average Bonchev–Trinajstić information content (AvgIpc) is 2.85. The third-order valence-electron chi connectivity index (χ3n) is 5.02. The summed E-state index contributed by atoms with van der Waals surface area (Å²) in [5.74, 6) is 0. The van der Waals surface area contributed by atoms with Gasteiger partial charge in [0.1, 0.15) is 0 Å². The lowest BCUT2D eigenvalue weighted by molar-refractivity contribution is 0.0874. The number of rotatable bonds is 5. The molecule has 1 fully saturated rings. The fourth-order valence-electron chi connectivity index (χ4n) is 3.95. The summed E-state index contributed by atoms with van der Waals surface area (Å²) in [6.45, 7) is 1.63. The zero-order valence-electron chi connectivity index (χ0n) is 15.8. The summed E-state index contributed by atoms with van der Waals surface area (Å²) >= 11 is 0. The summed E-state index contributed by atoms with van der Waals surface area (Å²) in [6.07, 6.45) is 2.44. The van der Waals surface area contributed by atoms with Crippen LogP contribution in [0.2, 0.25) is 0 Å². The minimum absolute atomic E-state index is 0.0118. The number of allylic oxidation sites excluding steroid dienone is 2. The molecule has 1 saturated heterocycles. The second kappa shape index (κ2) is 8.11. The lowest BCUT2D eigenvalue weighted by atomic mass is 9.60. The standard InChI is InChI=1S/C19H19N5O4/c1-4-28-17(25)24-15-13(7-26-2)5-6-14(8-27-3)16(24)19(11-22,12-23)18(15,9-20)10-21/h5-6,15-16H,4,7-8H2,1-3H3. The minimum Gasteiger partial charge on any atom is -0.450 e. The van der Waals surface area contributed by atoms with E-state index in [1.165, 1.54) is 14.2 Å². The van der Waals surface area contributed by atoms with Crippen molar-refractivity contribution in [1.29, 1.82) is 21.0 Å². The summed E-state index contributed by atoms with van der Waals surface area (Å²) < 4.78 is 15.5. The zero-order chi connectivity index (χ0) is 20.9. The Balaban J connectivity index is 2.94. The molecule has 9 nitrogen and oxygen atoms in total. The van der Waals surface area contributed by atoms with Gasteiger partial charge >= 0.3 is 6.09 Å². The molecule has 144 valence electrons. The Morgan fingerprint density at radius 1 is 0.964 bits per heavy atom. The third-order valence-corrected chi connectivity index (χ3v) is 5.02. The first-order chi connectivity index (χ1) is 13.5. The van der Waals surface area contributed by atoms with Gasteiger partial charge in [0.2, 0.25) is 10.8 Å². The maximum Gasteiger partial charge on any atom is 0.410 e. The molecule has 0 spiro atoms. The summed E-state index contributed by atoms with van der Waals surface area (Å²) in [5.41, 5.74) is -3.49. The molecule has 2 atom stereocenters. The first-order valence-corrected chi connectivity index (χ1v) is 8.45. The highest BCUT2D eigenvalue weighted by molar-refractivity contribution is 5.74. The van der Waals surface area contributed by atoms with Gasteiger partial charge < -0.3 is 14.2 Å². The average molecular weight is 381 g/mol. The van der Waals surface area contributed by atoms with Gasteiger partial charge in [-0.05, 0) is 18.1 Å². The highest BCUT2D eigenvalue weighted by Gasteiger charge is 2.75. The van der Waals surface area contributed by atoms with E-state index in [1.807, 2.05) is 24.3 Å². The Morgan fingerprint density at radius 3 is 1.64 bits per heavy atom. The lowest BCUT2D eigenvalue weighted by Crippen LogP contribution is -2.47. The van der Waals surface area contributed by atoms with Crippen molar-refractivity contribution in [3.05, 3.63) is 23.3 Å². The SMILES string of the molecule is CCOC(=O)N1C2C(COC)=CC=C(COC)C1C(C#N)(C#N)C2(C#N)C#N. The third kappa shape index (κ3) is 2.62. The van der Waals surface area contributed by atoms with Crippen LogP contribution in [0, 0.1) is 56.2 Å². The van der Waals surface area contributed by atoms with Crippen molar-refractivity contribution in [2.24, 2.45) is 10.8 Å². The molecular weight excluding hydrogens is 362 g/mol. The first kappa shape index (κ1) is 20.9. The number of nitriles is 4. The van der Waals surface area contributed by atoms with Gasteiger partial charge in [-0.1, -0.05) is 12.2 Å². The predicted molar refractivity (Wildman–Crippen MR) is 93.7 cm³/mol. The number of nitrogens with zero attached hydrogens (tertiary/aromatic N) is 5. The van der Waals surface area contributed by atoms with Gasteiger partial charge in [0.15, 0.2) is 0 Å². The van der Waals surface area contributed by atoms with Crippen molar-refractivity contribution in [3.8, 4) is 24.3 Å². The van der Waals surface area contributed by atoms with E-state index in [0.717, 1.165) is 4.90 Å². The van der Waals surface area contributed by atoms with Crippen LogP contribution >= 0.6 is 0 Å². The number of fused-ring (bicyclic) bond motifs is 2. The van der Waals surface area contributed by atoms with Crippen molar-refractivity contribution in [1.82, 2.24) is 4.90 Å². The quantitative estimate of drug-likeness (QED) is 0.695. The second-order valence-corrected chi connectivity index (χ2v) is 6.32. The van der Waals surface area contributed by atoms with Crippen molar-refractivity contribution >= 4 is 6.09 Å². The van der Waals surface area contributed by atoms with Gasteiger partial charge in [0, 0.05) is 14.2 Å². The number of carbonyl (C=O) groups is 1. The number of ether oxygens (including phenoxy) is 3. The zero-order valence-corrected chi connectivity index (χ0v) is 15.8.